The molecule has 0 atom stereocenters. The zero-order valence-corrected chi connectivity index (χ0v) is 10.4. The molecule has 0 amide bonds. The fourth-order valence-corrected chi connectivity index (χ4v) is 2.82. The standard InChI is InChI=1S/C14H8F3NS/c15-14(16,17)10-6-7-11-12(8-10)19-13(18-11)9-4-2-1-3-5-9/h1-8H. The Morgan fingerprint density at radius 3 is 2.37 bits per heavy atom. The first kappa shape index (κ1) is 12.2. The van der Waals surface area contributed by atoms with Gasteiger partial charge in [-0.3, -0.25) is 0 Å². The lowest BCUT2D eigenvalue weighted by molar-refractivity contribution is -0.137. The average Bonchev–Trinajstić information content (AvgIpc) is 2.81. The molecule has 0 N–H and O–H groups in total. The minimum Gasteiger partial charge on any atom is -0.236 e. The molecule has 0 unspecified atom stereocenters. The van der Waals surface area contributed by atoms with Crippen LogP contribution in [0.2, 0.25) is 0 Å². The van der Waals surface area contributed by atoms with Gasteiger partial charge in [-0.15, -0.1) is 11.3 Å². The molecule has 0 saturated carbocycles. The lowest BCUT2D eigenvalue weighted by Gasteiger charge is -2.04. The van der Waals surface area contributed by atoms with Crippen LogP contribution in [0.1, 0.15) is 5.56 Å². The Morgan fingerprint density at radius 1 is 0.947 bits per heavy atom. The number of benzene rings is 2. The van der Waals surface area contributed by atoms with E-state index in [9.17, 15) is 13.2 Å². The van der Waals surface area contributed by atoms with Crippen molar-refractivity contribution in [2.75, 3.05) is 0 Å². The van der Waals surface area contributed by atoms with E-state index >= 15 is 0 Å². The molecule has 1 aromatic heterocycles. The van der Waals surface area contributed by atoms with Gasteiger partial charge < -0.3 is 0 Å². The summed E-state index contributed by atoms with van der Waals surface area (Å²) in [4.78, 5) is 4.36. The average molecular weight is 279 g/mol. The van der Waals surface area contributed by atoms with Gasteiger partial charge in [0.1, 0.15) is 5.01 Å². The third kappa shape index (κ3) is 2.33. The van der Waals surface area contributed by atoms with E-state index in [-0.39, 0.29) is 0 Å². The Morgan fingerprint density at radius 2 is 1.68 bits per heavy atom. The summed E-state index contributed by atoms with van der Waals surface area (Å²) < 4.78 is 38.4. The highest BCUT2D eigenvalue weighted by Crippen LogP contribution is 2.35. The van der Waals surface area contributed by atoms with E-state index in [1.54, 1.807) is 0 Å². The summed E-state index contributed by atoms with van der Waals surface area (Å²) in [6.07, 6.45) is -4.31. The third-order valence-corrected chi connectivity index (χ3v) is 3.80. The van der Waals surface area contributed by atoms with Crippen molar-refractivity contribution in [2.45, 2.75) is 6.18 Å². The SMILES string of the molecule is FC(F)(F)c1ccc2nc(-c3ccccc3)sc2c1. The second-order valence-corrected chi connectivity index (χ2v) is 5.10. The number of alkyl halides is 3. The van der Waals surface area contributed by atoms with E-state index in [0.29, 0.717) is 10.2 Å². The first-order valence-corrected chi connectivity index (χ1v) is 6.39. The molecule has 0 spiro atoms. The maximum Gasteiger partial charge on any atom is 0.416 e. The molecule has 1 nitrogen and oxygen atoms in total. The number of hydrogen-bond donors (Lipinski definition) is 0. The van der Waals surface area contributed by atoms with Gasteiger partial charge in [0.05, 0.1) is 15.8 Å². The second-order valence-electron chi connectivity index (χ2n) is 4.07. The number of rotatable bonds is 1. The van der Waals surface area contributed by atoms with Gasteiger partial charge in [-0.1, -0.05) is 30.3 Å². The predicted molar refractivity (Wildman–Crippen MR) is 70.1 cm³/mol. The summed E-state index contributed by atoms with van der Waals surface area (Å²) in [7, 11) is 0. The van der Waals surface area contributed by atoms with E-state index in [1.807, 2.05) is 30.3 Å². The van der Waals surface area contributed by atoms with E-state index in [2.05, 4.69) is 4.98 Å². The fourth-order valence-electron chi connectivity index (χ4n) is 1.81. The van der Waals surface area contributed by atoms with Crippen molar-refractivity contribution in [3.8, 4) is 10.6 Å². The lowest BCUT2D eigenvalue weighted by atomic mass is 10.2. The van der Waals surface area contributed by atoms with Crippen LogP contribution in [0, 0.1) is 0 Å². The fraction of sp³-hybridized carbons (Fsp3) is 0.0714. The van der Waals surface area contributed by atoms with Gasteiger partial charge in [0.2, 0.25) is 0 Å². The van der Waals surface area contributed by atoms with Gasteiger partial charge >= 0.3 is 6.18 Å². The van der Waals surface area contributed by atoms with Crippen LogP contribution in [0.4, 0.5) is 13.2 Å². The van der Waals surface area contributed by atoms with Gasteiger partial charge in [-0.25, -0.2) is 4.98 Å². The Balaban J connectivity index is 2.12. The monoisotopic (exact) mass is 279 g/mol. The molecule has 0 radical (unpaired) electrons. The van der Waals surface area contributed by atoms with Gasteiger partial charge in [0, 0.05) is 5.56 Å². The largest absolute Gasteiger partial charge is 0.416 e. The molecule has 3 aromatic rings. The van der Waals surface area contributed by atoms with Crippen LogP contribution in [0.15, 0.2) is 48.5 Å². The van der Waals surface area contributed by atoms with E-state index < -0.39 is 11.7 Å². The van der Waals surface area contributed by atoms with Crippen molar-refractivity contribution in [2.24, 2.45) is 0 Å². The zero-order chi connectivity index (χ0) is 13.5. The smallest absolute Gasteiger partial charge is 0.236 e. The van der Waals surface area contributed by atoms with Gasteiger partial charge in [0.15, 0.2) is 0 Å². The van der Waals surface area contributed by atoms with Crippen LogP contribution in [-0.4, -0.2) is 4.98 Å². The number of aromatic nitrogens is 1. The number of hydrogen-bond acceptors (Lipinski definition) is 2. The molecule has 0 fully saturated rings. The first-order chi connectivity index (χ1) is 9.04. The van der Waals surface area contributed by atoms with Crippen molar-refractivity contribution in [3.63, 3.8) is 0 Å². The van der Waals surface area contributed by atoms with Crippen LogP contribution in [0.5, 0.6) is 0 Å². The molecule has 0 aliphatic carbocycles. The second kappa shape index (κ2) is 4.35. The highest BCUT2D eigenvalue weighted by molar-refractivity contribution is 7.21. The summed E-state index contributed by atoms with van der Waals surface area (Å²) in [6.45, 7) is 0. The minimum absolute atomic E-state index is 0.550. The molecule has 0 saturated heterocycles. The highest BCUT2D eigenvalue weighted by Gasteiger charge is 2.30. The van der Waals surface area contributed by atoms with Crippen molar-refractivity contribution < 1.29 is 13.2 Å². The summed E-state index contributed by atoms with van der Waals surface area (Å²) in [5, 5.41) is 0.731. The highest BCUT2D eigenvalue weighted by atomic mass is 32.1. The zero-order valence-electron chi connectivity index (χ0n) is 9.61. The summed E-state index contributed by atoms with van der Waals surface area (Å²) >= 11 is 1.27. The van der Waals surface area contributed by atoms with Crippen molar-refractivity contribution in [1.82, 2.24) is 4.98 Å². The quantitative estimate of drug-likeness (QED) is 0.612. The maximum absolute atomic E-state index is 12.6. The third-order valence-electron chi connectivity index (χ3n) is 2.74. The Hall–Kier alpha value is -1.88. The first-order valence-electron chi connectivity index (χ1n) is 5.57. The number of fused-ring (bicyclic) bond motifs is 1. The normalized spacial score (nSPS) is 11.9. The van der Waals surface area contributed by atoms with E-state index in [1.165, 1.54) is 17.4 Å². The summed E-state index contributed by atoms with van der Waals surface area (Å²) in [6, 6.07) is 13.1. The Bertz CT molecular complexity index is 716. The van der Waals surface area contributed by atoms with Crippen molar-refractivity contribution >= 4 is 21.6 Å². The maximum atomic E-state index is 12.6. The van der Waals surface area contributed by atoms with Crippen LogP contribution in [0.3, 0.4) is 0 Å². The number of nitrogens with zero attached hydrogens (tertiary/aromatic N) is 1. The van der Waals surface area contributed by atoms with Crippen LogP contribution in [0.25, 0.3) is 20.8 Å². The molecular weight excluding hydrogens is 271 g/mol. The minimum atomic E-state index is -4.31. The van der Waals surface area contributed by atoms with Crippen molar-refractivity contribution in [3.05, 3.63) is 54.1 Å². The van der Waals surface area contributed by atoms with Gasteiger partial charge in [0.25, 0.3) is 0 Å². The van der Waals surface area contributed by atoms with E-state index in [4.69, 9.17) is 0 Å². The number of thiazole rings is 1. The summed E-state index contributed by atoms with van der Waals surface area (Å²) in [5.74, 6) is 0. The molecular formula is C14H8F3NS. The molecule has 2 aromatic carbocycles. The van der Waals surface area contributed by atoms with Crippen LogP contribution < -0.4 is 0 Å². The molecule has 19 heavy (non-hydrogen) atoms. The molecule has 96 valence electrons. The van der Waals surface area contributed by atoms with Gasteiger partial charge in [-0.2, -0.15) is 13.2 Å². The lowest BCUT2D eigenvalue weighted by Crippen LogP contribution is -2.03. The van der Waals surface area contributed by atoms with Gasteiger partial charge in [-0.05, 0) is 18.2 Å². The van der Waals surface area contributed by atoms with E-state index in [0.717, 1.165) is 22.7 Å². The molecule has 3 rings (SSSR count). The molecule has 0 bridgehead atoms. The van der Waals surface area contributed by atoms with Crippen LogP contribution >= 0.6 is 11.3 Å². The Kier molecular flexibility index (Phi) is 2.78. The molecule has 5 heteroatoms. The predicted octanol–water partition coefficient (Wildman–Crippen LogP) is 4.98. The molecule has 0 aliphatic rings. The van der Waals surface area contributed by atoms with Crippen molar-refractivity contribution in [1.29, 1.82) is 0 Å². The molecule has 1 heterocycles. The molecule has 0 aliphatic heterocycles. The summed E-state index contributed by atoms with van der Waals surface area (Å²) in [5.41, 5.74) is 0.873. The number of halogens is 3. The van der Waals surface area contributed by atoms with Crippen LogP contribution in [-0.2, 0) is 6.18 Å². The topological polar surface area (TPSA) is 12.9 Å². The Labute approximate surface area is 111 Å².